The van der Waals surface area contributed by atoms with Crippen LogP contribution in [-0.4, -0.2) is 22.1 Å². The molecule has 2 N–H and O–H groups in total. The molecule has 0 aliphatic heterocycles. The largest absolute Gasteiger partial charge is 0.305 e. The van der Waals surface area contributed by atoms with Crippen LogP contribution < -0.4 is 0 Å². The predicted octanol–water partition coefficient (Wildman–Crippen LogP) is 0.166. The van der Waals surface area contributed by atoms with Crippen LogP contribution in [-0.2, 0) is 22.2 Å². The summed E-state index contributed by atoms with van der Waals surface area (Å²) in [6, 6.07) is 0. The molecule has 0 bridgehead atoms. The van der Waals surface area contributed by atoms with Gasteiger partial charge in [-0.1, -0.05) is 6.92 Å². The maximum absolute atomic E-state index is 10.1. The Kier molecular flexibility index (Phi) is 4.20. The van der Waals surface area contributed by atoms with E-state index in [0.717, 1.165) is 0 Å². The van der Waals surface area contributed by atoms with E-state index in [-0.39, 0.29) is 6.42 Å². The zero-order valence-electron chi connectivity index (χ0n) is 4.81. The van der Waals surface area contributed by atoms with Crippen molar-refractivity contribution in [1.82, 2.24) is 0 Å². The van der Waals surface area contributed by atoms with E-state index >= 15 is 0 Å². The summed E-state index contributed by atoms with van der Waals surface area (Å²) in [4.78, 5) is 0. The average molecular weight is 172 g/mol. The molecule has 0 aromatic carbocycles. The minimum atomic E-state index is -2.18. The van der Waals surface area contributed by atoms with E-state index in [9.17, 15) is 8.42 Å². The molecule has 2 unspecified atom stereocenters. The third-order valence-electron chi connectivity index (χ3n) is 0.783. The Morgan fingerprint density at radius 2 is 1.67 bits per heavy atom. The molecule has 0 aliphatic carbocycles. The van der Waals surface area contributed by atoms with Crippen molar-refractivity contribution >= 4 is 22.2 Å². The smallest absolute Gasteiger partial charge is 0.171 e. The Morgan fingerprint density at radius 1 is 1.33 bits per heavy atom. The van der Waals surface area contributed by atoms with E-state index in [1.807, 2.05) is 0 Å². The molecule has 0 amide bonds. The first-order valence-corrected chi connectivity index (χ1v) is 4.63. The topological polar surface area (TPSA) is 74.6 Å². The summed E-state index contributed by atoms with van der Waals surface area (Å²) in [5.41, 5.74) is 0. The maximum atomic E-state index is 10.1. The number of rotatable bonds is 3. The predicted molar refractivity (Wildman–Crippen MR) is 35.6 cm³/mol. The summed E-state index contributed by atoms with van der Waals surface area (Å²) in [6.45, 7) is 1.58. The van der Waals surface area contributed by atoms with Crippen molar-refractivity contribution in [3.8, 4) is 0 Å². The zero-order chi connectivity index (χ0) is 7.44. The van der Waals surface area contributed by atoms with Gasteiger partial charge in [0, 0.05) is 0 Å². The summed E-state index contributed by atoms with van der Waals surface area (Å²) in [5.74, 6) is 0. The molecule has 0 heterocycles. The van der Waals surface area contributed by atoms with E-state index in [4.69, 9.17) is 9.11 Å². The summed E-state index contributed by atoms with van der Waals surface area (Å²) in [7, 11) is 0. The normalized spacial score (nSPS) is 20.8. The molecule has 0 aromatic rings. The first-order chi connectivity index (χ1) is 4.09. The Morgan fingerprint density at radius 3 is 1.67 bits per heavy atom. The summed E-state index contributed by atoms with van der Waals surface area (Å²) < 4.78 is 35.8. The number of hydrogen-bond acceptors (Lipinski definition) is 2. The van der Waals surface area contributed by atoms with Gasteiger partial charge in [-0.25, -0.2) is 8.42 Å². The highest BCUT2D eigenvalue weighted by molar-refractivity contribution is 7.97. The summed E-state index contributed by atoms with van der Waals surface area (Å²) in [5, 5.41) is 0. The van der Waals surface area contributed by atoms with Crippen LogP contribution in [0.4, 0.5) is 0 Å². The van der Waals surface area contributed by atoms with Gasteiger partial charge >= 0.3 is 0 Å². The van der Waals surface area contributed by atoms with Crippen molar-refractivity contribution in [2.45, 2.75) is 17.9 Å². The summed E-state index contributed by atoms with van der Waals surface area (Å²) in [6.07, 6.45) is 0.228. The Labute approximate surface area is 58.2 Å². The van der Waals surface area contributed by atoms with E-state index in [1.54, 1.807) is 6.92 Å². The van der Waals surface area contributed by atoms with Gasteiger partial charge in [0.05, 0.1) is 0 Å². The fourth-order valence-electron chi connectivity index (χ4n) is 0.356. The van der Waals surface area contributed by atoms with Crippen molar-refractivity contribution in [3.63, 3.8) is 0 Å². The van der Waals surface area contributed by atoms with Crippen LogP contribution in [0.25, 0.3) is 0 Å². The highest BCUT2D eigenvalue weighted by atomic mass is 32.3. The van der Waals surface area contributed by atoms with Gasteiger partial charge in [0.1, 0.15) is 0 Å². The van der Waals surface area contributed by atoms with Gasteiger partial charge in [-0.2, -0.15) is 0 Å². The lowest BCUT2D eigenvalue weighted by Crippen LogP contribution is -2.18. The molecule has 0 aliphatic rings. The van der Waals surface area contributed by atoms with Gasteiger partial charge in [0.2, 0.25) is 0 Å². The molecule has 0 spiro atoms. The molecular formula is C3H8O4S2. The molecule has 0 fully saturated rings. The Balaban J connectivity index is 3.99. The Hall–Kier alpha value is 0.220. The molecule has 6 heteroatoms. The van der Waals surface area contributed by atoms with Gasteiger partial charge in [-0.15, -0.1) is 0 Å². The van der Waals surface area contributed by atoms with Gasteiger partial charge in [0.25, 0.3) is 0 Å². The lowest BCUT2D eigenvalue weighted by atomic mass is 10.6. The second kappa shape index (κ2) is 4.10. The maximum Gasteiger partial charge on any atom is 0.171 e. The van der Waals surface area contributed by atoms with Gasteiger partial charge in [-0.3, -0.25) is 0 Å². The second-order valence-electron chi connectivity index (χ2n) is 1.39. The molecule has 2 atom stereocenters. The highest BCUT2D eigenvalue weighted by Crippen LogP contribution is 2.01. The molecule has 0 radical (unpaired) electrons. The standard InChI is InChI=1S/C3H8O4S2/c1-2-3(8(4)5)9(6)7/h3H,2H2,1H3,(H,4,5)(H,6,7). The van der Waals surface area contributed by atoms with Crippen LogP contribution >= 0.6 is 0 Å². The van der Waals surface area contributed by atoms with Crippen molar-refractivity contribution in [1.29, 1.82) is 0 Å². The van der Waals surface area contributed by atoms with E-state index in [0.29, 0.717) is 0 Å². The van der Waals surface area contributed by atoms with Crippen LogP contribution in [0.2, 0.25) is 0 Å². The van der Waals surface area contributed by atoms with Crippen LogP contribution in [0.15, 0.2) is 0 Å². The number of hydrogen-bond donors (Lipinski definition) is 2. The molecule has 56 valence electrons. The Bertz CT molecular complexity index is 120. The lowest BCUT2D eigenvalue weighted by molar-refractivity contribution is 0.537. The van der Waals surface area contributed by atoms with Crippen molar-refractivity contribution < 1.29 is 17.5 Å². The van der Waals surface area contributed by atoms with Crippen LogP contribution in [0.3, 0.4) is 0 Å². The highest BCUT2D eigenvalue weighted by Gasteiger charge is 2.18. The lowest BCUT2D eigenvalue weighted by Gasteiger charge is -2.02. The molecule has 0 aromatic heterocycles. The minimum absolute atomic E-state index is 0.228. The van der Waals surface area contributed by atoms with Crippen LogP contribution in [0.5, 0.6) is 0 Å². The molecule has 0 saturated heterocycles. The van der Waals surface area contributed by atoms with Gasteiger partial charge in [0.15, 0.2) is 26.7 Å². The molecular weight excluding hydrogens is 164 g/mol. The van der Waals surface area contributed by atoms with Crippen molar-refractivity contribution in [2.24, 2.45) is 0 Å². The fraction of sp³-hybridized carbons (Fsp3) is 1.00. The molecule has 0 rings (SSSR count). The molecule has 9 heavy (non-hydrogen) atoms. The minimum Gasteiger partial charge on any atom is -0.305 e. The quantitative estimate of drug-likeness (QED) is 0.595. The third kappa shape index (κ3) is 3.04. The van der Waals surface area contributed by atoms with Gasteiger partial charge in [-0.05, 0) is 6.42 Å². The monoisotopic (exact) mass is 172 g/mol. The summed E-state index contributed by atoms with van der Waals surface area (Å²) >= 11 is -4.37. The SMILES string of the molecule is CCC(S(=O)O)S(=O)O. The van der Waals surface area contributed by atoms with E-state index in [2.05, 4.69) is 0 Å². The van der Waals surface area contributed by atoms with Crippen molar-refractivity contribution in [2.75, 3.05) is 0 Å². The first-order valence-electron chi connectivity index (χ1n) is 2.29. The molecule has 4 nitrogen and oxygen atoms in total. The van der Waals surface area contributed by atoms with Gasteiger partial charge < -0.3 is 9.11 Å². The fourth-order valence-corrected chi connectivity index (χ4v) is 1.49. The van der Waals surface area contributed by atoms with E-state index in [1.165, 1.54) is 0 Å². The van der Waals surface area contributed by atoms with Crippen LogP contribution in [0, 0.1) is 0 Å². The molecule has 0 saturated carbocycles. The van der Waals surface area contributed by atoms with Crippen LogP contribution in [0.1, 0.15) is 13.3 Å². The average Bonchev–Trinajstić information content (AvgIpc) is 1.64. The first kappa shape index (κ1) is 9.22. The third-order valence-corrected chi connectivity index (χ3v) is 3.34. The van der Waals surface area contributed by atoms with Crippen molar-refractivity contribution in [3.05, 3.63) is 0 Å². The zero-order valence-corrected chi connectivity index (χ0v) is 6.44. The second-order valence-corrected chi connectivity index (χ2v) is 3.93. The van der Waals surface area contributed by atoms with E-state index < -0.39 is 26.7 Å².